The van der Waals surface area contributed by atoms with E-state index in [1.165, 1.54) is 0 Å². The molecule has 0 unspecified atom stereocenters. The lowest BCUT2D eigenvalue weighted by atomic mass is 10.1. The maximum atomic E-state index is 14.1. The van der Waals surface area contributed by atoms with E-state index < -0.39 is 35.4 Å². The minimum absolute atomic E-state index is 0.0737. The van der Waals surface area contributed by atoms with Crippen molar-refractivity contribution in [3.8, 4) is 29.0 Å². The van der Waals surface area contributed by atoms with Crippen LogP contribution in [0.15, 0.2) is 47.0 Å². The highest BCUT2D eigenvalue weighted by Crippen LogP contribution is 2.41. The third kappa shape index (κ3) is 6.89. The Morgan fingerprint density at radius 2 is 1.81 bits per heavy atom. The van der Waals surface area contributed by atoms with Crippen molar-refractivity contribution in [3.05, 3.63) is 59.3 Å². The standard InChI is InChI=1S/C29H31F3N6O4/c1-17-10-8-9-13-19-16-38(15-18-11-6-5-7-12-18)37-22(19)25-35-36-26(41-25)23-21(33-27(39)42-28(2,3)4)14-20(29(30,31)32)24(34-23)40-17/h5-7,11-12,14,16-17H,8-10,13,15H2,1-4H3,(H,33,39)/t17-/m1/s1. The maximum Gasteiger partial charge on any atom is 0.421 e. The van der Waals surface area contributed by atoms with Crippen LogP contribution in [0.5, 0.6) is 5.88 Å². The molecule has 4 heterocycles. The van der Waals surface area contributed by atoms with Gasteiger partial charge in [-0.05, 0) is 65.0 Å². The zero-order valence-electron chi connectivity index (χ0n) is 23.7. The fourth-order valence-corrected chi connectivity index (χ4v) is 4.55. The summed E-state index contributed by atoms with van der Waals surface area (Å²) in [5.74, 6) is -0.795. The van der Waals surface area contributed by atoms with Gasteiger partial charge >= 0.3 is 12.3 Å². The van der Waals surface area contributed by atoms with Crippen LogP contribution in [0.25, 0.3) is 23.2 Å². The number of halogens is 3. The maximum absolute atomic E-state index is 14.1. The van der Waals surface area contributed by atoms with Gasteiger partial charge in [-0.25, -0.2) is 9.78 Å². The summed E-state index contributed by atoms with van der Waals surface area (Å²) in [5.41, 5.74) is -0.160. The van der Waals surface area contributed by atoms with Crippen molar-refractivity contribution in [1.82, 2.24) is 25.0 Å². The summed E-state index contributed by atoms with van der Waals surface area (Å²) < 4.78 is 61.1. The zero-order valence-corrected chi connectivity index (χ0v) is 23.7. The molecule has 0 saturated carbocycles. The number of nitrogens with one attached hydrogen (secondary N) is 1. The number of anilines is 1. The molecule has 1 aliphatic rings. The molecule has 13 heteroatoms. The Labute approximate surface area is 240 Å². The summed E-state index contributed by atoms with van der Waals surface area (Å²) in [4.78, 5) is 16.8. The van der Waals surface area contributed by atoms with Crippen molar-refractivity contribution < 1.29 is 31.9 Å². The molecule has 0 saturated heterocycles. The Hall–Kier alpha value is -4.42. The molecule has 0 aliphatic carbocycles. The molecule has 4 aromatic rings. The van der Waals surface area contributed by atoms with Gasteiger partial charge in [0, 0.05) is 11.8 Å². The van der Waals surface area contributed by atoms with Gasteiger partial charge in [0.15, 0.2) is 11.4 Å². The van der Waals surface area contributed by atoms with Gasteiger partial charge in [-0.3, -0.25) is 10.00 Å². The van der Waals surface area contributed by atoms with Gasteiger partial charge in [0.1, 0.15) is 11.2 Å². The molecule has 1 amide bonds. The summed E-state index contributed by atoms with van der Waals surface area (Å²) in [5, 5.41) is 15.3. The van der Waals surface area contributed by atoms with E-state index in [-0.39, 0.29) is 23.2 Å². The number of ether oxygens (including phenoxy) is 2. The van der Waals surface area contributed by atoms with Gasteiger partial charge in [-0.15, -0.1) is 10.2 Å². The minimum Gasteiger partial charge on any atom is -0.474 e. The first-order valence-corrected chi connectivity index (χ1v) is 13.6. The molecule has 1 aromatic carbocycles. The van der Waals surface area contributed by atoms with E-state index in [2.05, 4.69) is 20.5 Å². The minimum atomic E-state index is -4.82. The van der Waals surface area contributed by atoms with Gasteiger partial charge in [-0.1, -0.05) is 30.3 Å². The summed E-state index contributed by atoms with van der Waals surface area (Å²) in [6.45, 7) is 7.11. The van der Waals surface area contributed by atoms with Crippen LogP contribution in [-0.2, 0) is 23.9 Å². The van der Waals surface area contributed by atoms with Gasteiger partial charge in [0.25, 0.3) is 11.8 Å². The van der Waals surface area contributed by atoms with E-state index in [9.17, 15) is 18.0 Å². The summed E-state index contributed by atoms with van der Waals surface area (Å²) >= 11 is 0. The van der Waals surface area contributed by atoms with E-state index in [0.29, 0.717) is 31.5 Å². The van der Waals surface area contributed by atoms with E-state index in [1.54, 1.807) is 32.4 Å². The molecule has 0 fully saturated rings. The number of rotatable bonds is 3. The predicted molar refractivity (Wildman–Crippen MR) is 147 cm³/mol. The quantitative estimate of drug-likeness (QED) is 0.276. The van der Waals surface area contributed by atoms with Crippen LogP contribution in [0.1, 0.15) is 63.6 Å². The molecule has 1 N–H and O–H groups in total. The van der Waals surface area contributed by atoms with E-state index >= 15 is 0 Å². The van der Waals surface area contributed by atoms with Crippen LogP contribution in [0.3, 0.4) is 0 Å². The zero-order chi connectivity index (χ0) is 30.1. The third-order valence-corrected chi connectivity index (χ3v) is 6.40. The average Bonchev–Trinajstić information content (AvgIpc) is 3.53. The first-order chi connectivity index (χ1) is 19.9. The number of benzene rings is 1. The highest BCUT2D eigenvalue weighted by Gasteiger charge is 2.38. The normalized spacial score (nSPS) is 15.7. The van der Waals surface area contributed by atoms with E-state index in [4.69, 9.17) is 19.0 Å². The average molecular weight is 585 g/mol. The molecule has 1 atom stereocenters. The predicted octanol–water partition coefficient (Wildman–Crippen LogP) is 6.90. The number of aryl methyl sites for hydroxylation is 1. The van der Waals surface area contributed by atoms with Crippen LogP contribution in [0.4, 0.5) is 23.7 Å². The van der Waals surface area contributed by atoms with Gasteiger partial charge < -0.3 is 13.9 Å². The molecule has 4 bridgehead atoms. The lowest BCUT2D eigenvalue weighted by Gasteiger charge is -2.22. The van der Waals surface area contributed by atoms with Gasteiger partial charge in [-0.2, -0.15) is 18.3 Å². The van der Waals surface area contributed by atoms with Gasteiger partial charge in [0.05, 0.1) is 18.3 Å². The highest BCUT2D eigenvalue weighted by molar-refractivity contribution is 5.89. The molecular formula is C29H31F3N6O4. The van der Waals surface area contributed by atoms with Crippen LogP contribution >= 0.6 is 0 Å². The number of nitrogens with zero attached hydrogens (tertiary/aromatic N) is 5. The monoisotopic (exact) mass is 584 g/mol. The lowest BCUT2D eigenvalue weighted by Crippen LogP contribution is -2.27. The lowest BCUT2D eigenvalue weighted by molar-refractivity contribution is -0.139. The summed E-state index contributed by atoms with van der Waals surface area (Å²) in [6, 6.07) is 10.6. The molecule has 0 spiro atoms. The smallest absolute Gasteiger partial charge is 0.421 e. The van der Waals surface area contributed by atoms with Crippen LogP contribution in [-0.4, -0.2) is 42.8 Å². The third-order valence-electron chi connectivity index (χ3n) is 6.40. The molecule has 5 rings (SSSR count). The number of amides is 1. The van der Waals surface area contributed by atoms with Crippen molar-refractivity contribution in [2.75, 3.05) is 5.32 Å². The Morgan fingerprint density at radius 1 is 1.10 bits per heavy atom. The number of fused-ring (bicyclic) bond motifs is 7. The number of pyridine rings is 1. The topological polar surface area (TPSA) is 117 Å². The second-order valence-electron chi connectivity index (χ2n) is 11.1. The van der Waals surface area contributed by atoms with Crippen LogP contribution in [0, 0.1) is 0 Å². The Morgan fingerprint density at radius 3 is 2.50 bits per heavy atom. The molecule has 0 radical (unpaired) electrons. The van der Waals surface area contributed by atoms with Crippen LogP contribution in [0.2, 0.25) is 0 Å². The van der Waals surface area contributed by atoms with Crippen molar-refractivity contribution >= 4 is 11.8 Å². The Balaban J connectivity index is 1.61. The second-order valence-corrected chi connectivity index (χ2v) is 11.1. The fourth-order valence-electron chi connectivity index (χ4n) is 4.55. The number of hydrogen-bond donors (Lipinski definition) is 1. The summed E-state index contributed by atoms with van der Waals surface area (Å²) in [7, 11) is 0. The molecule has 3 aromatic heterocycles. The molecule has 10 nitrogen and oxygen atoms in total. The number of aromatic nitrogens is 5. The molecular weight excluding hydrogens is 553 g/mol. The second kappa shape index (κ2) is 11.5. The SMILES string of the molecule is C[C@@H]1CCCCc2cn(Cc3ccccc3)nc2-c2nnc(o2)-c2nc(c(C(F)(F)F)cc2NC(=O)OC(C)(C)C)O1. The fraction of sp³-hybridized carbons (Fsp3) is 0.414. The first kappa shape index (κ1) is 29.1. The number of alkyl halides is 3. The number of carbonyl (C=O) groups excluding carboxylic acids is 1. The number of carbonyl (C=O) groups is 1. The Bertz CT molecular complexity index is 1560. The highest BCUT2D eigenvalue weighted by atomic mass is 19.4. The van der Waals surface area contributed by atoms with E-state index in [0.717, 1.165) is 23.6 Å². The molecule has 222 valence electrons. The van der Waals surface area contributed by atoms with Crippen molar-refractivity contribution in [2.24, 2.45) is 0 Å². The van der Waals surface area contributed by atoms with Crippen molar-refractivity contribution in [3.63, 3.8) is 0 Å². The van der Waals surface area contributed by atoms with Crippen molar-refractivity contribution in [1.29, 1.82) is 0 Å². The number of hydrogen-bond acceptors (Lipinski definition) is 8. The summed E-state index contributed by atoms with van der Waals surface area (Å²) in [6.07, 6.45) is -1.88. The van der Waals surface area contributed by atoms with Crippen molar-refractivity contribution in [2.45, 2.75) is 77.8 Å². The molecule has 42 heavy (non-hydrogen) atoms. The first-order valence-electron chi connectivity index (χ1n) is 13.6. The van der Waals surface area contributed by atoms with Crippen LogP contribution < -0.4 is 10.1 Å². The molecule has 1 aliphatic heterocycles. The largest absolute Gasteiger partial charge is 0.474 e. The van der Waals surface area contributed by atoms with Gasteiger partial charge in [0.2, 0.25) is 5.88 Å². The Kier molecular flexibility index (Phi) is 7.93. The van der Waals surface area contributed by atoms with E-state index in [1.807, 2.05) is 36.5 Å².